The molecule has 0 spiro atoms. The van der Waals surface area contributed by atoms with Gasteiger partial charge in [-0.25, -0.2) is 0 Å². The van der Waals surface area contributed by atoms with Crippen molar-refractivity contribution in [3.05, 3.63) is 206 Å². The molecule has 8 rings (SSSR count). The molecule has 8 aromatic carbocycles. The van der Waals surface area contributed by atoms with E-state index in [1.807, 2.05) is 206 Å². The standard InChI is InChI=1S/C48H34O5/c1-7-19-35(20-8-1)41-31-33-43(47(51-39-27-15-5-16-28-39)45(41)49-37-23-11-3-12-24-37)53-44-34-32-42(36-21-9-2-10-22-36)46(50-38-25-13-4-14-26-38)48(44)52-40-29-17-6-18-30-40/h1-34H. The van der Waals surface area contributed by atoms with Gasteiger partial charge < -0.3 is 23.7 Å². The second-order valence-corrected chi connectivity index (χ2v) is 12.0. The van der Waals surface area contributed by atoms with Crippen molar-refractivity contribution in [1.82, 2.24) is 0 Å². The maximum atomic E-state index is 6.91. The Hall–Kier alpha value is -7.24. The van der Waals surface area contributed by atoms with E-state index in [9.17, 15) is 0 Å². The van der Waals surface area contributed by atoms with Gasteiger partial charge in [0.2, 0.25) is 11.5 Å². The van der Waals surface area contributed by atoms with Gasteiger partial charge >= 0.3 is 0 Å². The van der Waals surface area contributed by atoms with E-state index in [1.54, 1.807) is 0 Å². The van der Waals surface area contributed by atoms with Gasteiger partial charge in [0.1, 0.15) is 23.0 Å². The fourth-order valence-corrected chi connectivity index (χ4v) is 5.88. The minimum atomic E-state index is 0.393. The monoisotopic (exact) mass is 690 g/mol. The van der Waals surface area contributed by atoms with E-state index in [1.165, 1.54) is 0 Å². The highest BCUT2D eigenvalue weighted by Gasteiger charge is 2.26. The molecule has 0 amide bonds. The SMILES string of the molecule is c1ccc(Oc2c(Oc3ccc(-c4ccccc4)c(Oc4ccccc4)c3Oc3ccccc3)ccc(-c3ccccc3)c2Oc2ccccc2)cc1. The lowest BCUT2D eigenvalue weighted by molar-refractivity contribution is 0.366. The Kier molecular flexibility index (Phi) is 9.79. The summed E-state index contributed by atoms with van der Waals surface area (Å²) < 4.78 is 33.7. The largest absolute Gasteiger partial charge is 0.453 e. The van der Waals surface area contributed by atoms with Crippen molar-refractivity contribution >= 4 is 0 Å². The molecule has 0 radical (unpaired) electrons. The normalized spacial score (nSPS) is 10.6. The summed E-state index contributed by atoms with van der Waals surface area (Å²) in [5, 5.41) is 0. The first-order chi connectivity index (χ1) is 26.3. The Labute approximate surface area is 308 Å². The summed E-state index contributed by atoms with van der Waals surface area (Å²) in [6.45, 7) is 0. The molecule has 0 fully saturated rings. The van der Waals surface area contributed by atoms with Gasteiger partial charge in [-0.1, -0.05) is 133 Å². The van der Waals surface area contributed by atoms with Crippen LogP contribution in [0.25, 0.3) is 22.3 Å². The van der Waals surface area contributed by atoms with Crippen LogP contribution in [-0.2, 0) is 0 Å². The topological polar surface area (TPSA) is 46.2 Å². The molecule has 0 atom stereocenters. The summed E-state index contributed by atoms with van der Waals surface area (Å²) >= 11 is 0. The summed E-state index contributed by atoms with van der Waals surface area (Å²) in [5.74, 6) is 5.15. The van der Waals surface area contributed by atoms with Crippen LogP contribution < -0.4 is 23.7 Å². The summed E-state index contributed by atoms with van der Waals surface area (Å²) in [6, 6.07) is 66.4. The third kappa shape index (κ3) is 7.75. The van der Waals surface area contributed by atoms with Crippen molar-refractivity contribution in [1.29, 1.82) is 0 Å². The quantitative estimate of drug-likeness (QED) is 0.128. The number of rotatable bonds is 12. The zero-order valence-electron chi connectivity index (χ0n) is 28.7. The first kappa shape index (κ1) is 32.9. The molecule has 0 aliphatic carbocycles. The Morgan fingerprint density at radius 3 is 0.774 bits per heavy atom. The number of hydrogen-bond donors (Lipinski definition) is 0. The van der Waals surface area contributed by atoms with E-state index in [4.69, 9.17) is 23.7 Å². The number of ether oxygens (including phenoxy) is 5. The molecule has 0 saturated heterocycles. The van der Waals surface area contributed by atoms with E-state index in [0.29, 0.717) is 57.5 Å². The second-order valence-electron chi connectivity index (χ2n) is 12.0. The molecule has 53 heavy (non-hydrogen) atoms. The lowest BCUT2D eigenvalue weighted by Crippen LogP contribution is -2.00. The molecule has 0 unspecified atom stereocenters. The highest BCUT2D eigenvalue weighted by molar-refractivity contribution is 5.79. The molecule has 0 saturated carbocycles. The predicted octanol–water partition coefficient (Wildman–Crippen LogP) is 14.0. The fraction of sp³-hybridized carbons (Fsp3) is 0. The molecule has 0 aliphatic rings. The smallest absolute Gasteiger partial charge is 0.213 e. The van der Waals surface area contributed by atoms with E-state index in [-0.39, 0.29) is 0 Å². The Bertz CT molecular complexity index is 2210. The van der Waals surface area contributed by atoms with Crippen LogP contribution in [0.2, 0.25) is 0 Å². The maximum absolute atomic E-state index is 6.91. The van der Waals surface area contributed by atoms with Crippen molar-refractivity contribution < 1.29 is 23.7 Å². The van der Waals surface area contributed by atoms with Gasteiger partial charge in [0, 0.05) is 11.1 Å². The summed E-state index contributed by atoms with van der Waals surface area (Å²) in [4.78, 5) is 0. The minimum absolute atomic E-state index is 0.393. The average molecular weight is 691 g/mol. The highest BCUT2D eigenvalue weighted by Crippen LogP contribution is 2.53. The lowest BCUT2D eigenvalue weighted by Gasteiger charge is -2.22. The molecule has 5 nitrogen and oxygen atoms in total. The lowest BCUT2D eigenvalue weighted by atomic mass is 10.0. The van der Waals surface area contributed by atoms with Gasteiger partial charge in [0.15, 0.2) is 23.0 Å². The summed E-state index contributed by atoms with van der Waals surface area (Å²) in [5.41, 5.74) is 3.59. The van der Waals surface area contributed by atoms with Crippen molar-refractivity contribution in [3.8, 4) is 79.7 Å². The molecule has 5 heteroatoms. The first-order valence-corrected chi connectivity index (χ1v) is 17.3. The van der Waals surface area contributed by atoms with Gasteiger partial charge in [-0.2, -0.15) is 0 Å². The van der Waals surface area contributed by atoms with E-state index in [0.717, 1.165) is 22.3 Å². The van der Waals surface area contributed by atoms with Gasteiger partial charge in [0.25, 0.3) is 0 Å². The number of benzene rings is 8. The molecule has 0 aromatic heterocycles. The minimum Gasteiger partial charge on any atom is -0.453 e. The average Bonchev–Trinajstić information content (AvgIpc) is 3.22. The van der Waals surface area contributed by atoms with Crippen LogP contribution in [0.3, 0.4) is 0 Å². The van der Waals surface area contributed by atoms with Crippen molar-refractivity contribution in [2.45, 2.75) is 0 Å². The third-order valence-electron chi connectivity index (χ3n) is 8.39. The van der Waals surface area contributed by atoms with Crippen LogP contribution >= 0.6 is 0 Å². The third-order valence-corrected chi connectivity index (χ3v) is 8.39. The van der Waals surface area contributed by atoms with Gasteiger partial charge in [0.05, 0.1) is 0 Å². The summed E-state index contributed by atoms with van der Waals surface area (Å²) in [7, 11) is 0. The van der Waals surface area contributed by atoms with Crippen LogP contribution in [0.15, 0.2) is 206 Å². The Morgan fingerprint density at radius 2 is 0.472 bits per heavy atom. The van der Waals surface area contributed by atoms with Crippen molar-refractivity contribution in [2.24, 2.45) is 0 Å². The van der Waals surface area contributed by atoms with Crippen LogP contribution in [0.4, 0.5) is 0 Å². The fourth-order valence-electron chi connectivity index (χ4n) is 5.88. The summed E-state index contributed by atoms with van der Waals surface area (Å²) in [6.07, 6.45) is 0. The molecule has 256 valence electrons. The molecule has 8 aromatic rings. The van der Waals surface area contributed by atoms with Gasteiger partial charge in [-0.3, -0.25) is 0 Å². The number of para-hydroxylation sites is 4. The van der Waals surface area contributed by atoms with Crippen LogP contribution in [0.1, 0.15) is 0 Å². The second kappa shape index (κ2) is 15.8. The van der Waals surface area contributed by atoms with E-state index in [2.05, 4.69) is 0 Å². The Morgan fingerprint density at radius 1 is 0.208 bits per heavy atom. The molecule has 0 aliphatic heterocycles. The zero-order chi connectivity index (χ0) is 35.7. The predicted molar refractivity (Wildman–Crippen MR) is 210 cm³/mol. The van der Waals surface area contributed by atoms with Crippen LogP contribution in [-0.4, -0.2) is 0 Å². The van der Waals surface area contributed by atoms with Crippen LogP contribution in [0.5, 0.6) is 57.5 Å². The molecular formula is C48H34O5. The van der Waals surface area contributed by atoms with Crippen LogP contribution in [0, 0.1) is 0 Å². The van der Waals surface area contributed by atoms with Gasteiger partial charge in [-0.05, 0) is 83.9 Å². The maximum Gasteiger partial charge on any atom is 0.213 e. The van der Waals surface area contributed by atoms with E-state index >= 15 is 0 Å². The highest BCUT2D eigenvalue weighted by atomic mass is 16.6. The number of hydrogen-bond acceptors (Lipinski definition) is 5. The first-order valence-electron chi connectivity index (χ1n) is 17.3. The van der Waals surface area contributed by atoms with Crippen molar-refractivity contribution in [2.75, 3.05) is 0 Å². The molecular weight excluding hydrogens is 657 g/mol. The molecule has 0 heterocycles. The zero-order valence-corrected chi connectivity index (χ0v) is 28.7. The van der Waals surface area contributed by atoms with E-state index < -0.39 is 0 Å². The molecule has 0 bridgehead atoms. The van der Waals surface area contributed by atoms with Crippen molar-refractivity contribution in [3.63, 3.8) is 0 Å². The molecule has 0 N–H and O–H groups in total. The Balaban J connectivity index is 1.33. The van der Waals surface area contributed by atoms with Gasteiger partial charge in [-0.15, -0.1) is 0 Å².